The highest BCUT2D eigenvalue weighted by Gasteiger charge is 2.03. The molecule has 0 fully saturated rings. The van der Waals surface area contributed by atoms with Crippen LogP contribution in [0.5, 0.6) is 0 Å². The summed E-state index contributed by atoms with van der Waals surface area (Å²) >= 11 is 0. The summed E-state index contributed by atoms with van der Waals surface area (Å²) in [5, 5.41) is 8.54. The normalized spacial score (nSPS) is 11.1. The molecule has 2 N–H and O–H groups in total. The number of aryl methyl sites for hydroxylation is 1. The third kappa shape index (κ3) is 2.56. The predicted octanol–water partition coefficient (Wildman–Crippen LogP) is 4.61. The maximum atomic E-state index is 5.84. The number of rotatable bonds is 2. The maximum absolute atomic E-state index is 5.84. The van der Waals surface area contributed by atoms with Gasteiger partial charge >= 0.3 is 0 Å². The van der Waals surface area contributed by atoms with Gasteiger partial charge in [-0.25, -0.2) is 0 Å². The highest BCUT2D eigenvalue weighted by molar-refractivity contribution is 5.60. The van der Waals surface area contributed by atoms with E-state index in [1.54, 1.807) is 0 Å². The lowest BCUT2D eigenvalue weighted by molar-refractivity contribution is 1.19. The minimum Gasteiger partial charge on any atom is -0.399 e. The standard InChI is InChI=1S/C15H17N3/c1-10-5-4-6-13(9-10)17-18-15-8-7-14(16)11(2)12(15)3/h4-9H,16H2,1-3H3/b18-17+. The van der Waals surface area contributed by atoms with E-state index in [1.807, 2.05) is 57.2 Å². The van der Waals surface area contributed by atoms with Gasteiger partial charge in [0, 0.05) is 5.69 Å². The van der Waals surface area contributed by atoms with Gasteiger partial charge in [-0.15, -0.1) is 0 Å². The Hall–Kier alpha value is -2.16. The molecule has 0 heterocycles. The molecular formula is C15H17N3. The maximum Gasteiger partial charge on any atom is 0.0890 e. The van der Waals surface area contributed by atoms with Gasteiger partial charge in [0.15, 0.2) is 0 Å². The predicted molar refractivity (Wildman–Crippen MR) is 75.7 cm³/mol. The van der Waals surface area contributed by atoms with E-state index in [1.165, 1.54) is 5.56 Å². The third-order valence-corrected chi connectivity index (χ3v) is 3.08. The van der Waals surface area contributed by atoms with Crippen LogP contribution in [-0.2, 0) is 0 Å². The Morgan fingerprint density at radius 2 is 1.67 bits per heavy atom. The van der Waals surface area contributed by atoms with Crippen molar-refractivity contribution in [3.63, 3.8) is 0 Å². The molecule has 0 aliphatic heterocycles. The molecule has 0 aromatic heterocycles. The van der Waals surface area contributed by atoms with Crippen LogP contribution in [0.1, 0.15) is 16.7 Å². The lowest BCUT2D eigenvalue weighted by Gasteiger charge is -2.06. The van der Waals surface area contributed by atoms with Crippen molar-refractivity contribution in [3.05, 3.63) is 53.1 Å². The van der Waals surface area contributed by atoms with Crippen molar-refractivity contribution in [1.82, 2.24) is 0 Å². The van der Waals surface area contributed by atoms with Gasteiger partial charge in [0.2, 0.25) is 0 Å². The Morgan fingerprint density at radius 1 is 0.889 bits per heavy atom. The van der Waals surface area contributed by atoms with Gasteiger partial charge in [-0.1, -0.05) is 12.1 Å². The number of hydrogen-bond acceptors (Lipinski definition) is 3. The second kappa shape index (κ2) is 5.00. The van der Waals surface area contributed by atoms with E-state index < -0.39 is 0 Å². The van der Waals surface area contributed by atoms with Gasteiger partial charge in [-0.05, 0) is 61.7 Å². The Morgan fingerprint density at radius 3 is 2.39 bits per heavy atom. The SMILES string of the molecule is Cc1cccc(/N=N/c2ccc(N)c(C)c2C)c1. The summed E-state index contributed by atoms with van der Waals surface area (Å²) in [5.74, 6) is 0. The summed E-state index contributed by atoms with van der Waals surface area (Å²) in [6.45, 7) is 6.05. The van der Waals surface area contributed by atoms with E-state index >= 15 is 0 Å². The fraction of sp³-hybridized carbons (Fsp3) is 0.200. The Bertz CT molecular complexity index is 601. The van der Waals surface area contributed by atoms with Gasteiger partial charge in [-0.3, -0.25) is 0 Å². The molecule has 0 saturated carbocycles. The summed E-state index contributed by atoms with van der Waals surface area (Å²) in [4.78, 5) is 0. The van der Waals surface area contributed by atoms with Crippen molar-refractivity contribution in [2.45, 2.75) is 20.8 Å². The van der Waals surface area contributed by atoms with Crippen molar-refractivity contribution in [2.24, 2.45) is 10.2 Å². The molecule has 0 unspecified atom stereocenters. The molecule has 0 aliphatic carbocycles. The summed E-state index contributed by atoms with van der Waals surface area (Å²) in [6, 6.07) is 11.7. The second-order valence-corrected chi connectivity index (χ2v) is 4.46. The zero-order valence-corrected chi connectivity index (χ0v) is 10.9. The number of nitrogens with zero attached hydrogens (tertiary/aromatic N) is 2. The molecule has 92 valence electrons. The molecular weight excluding hydrogens is 222 g/mol. The molecule has 0 saturated heterocycles. The fourth-order valence-corrected chi connectivity index (χ4v) is 1.74. The first kappa shape index (κ1) is 12.3. The van der Waals surface area contributed by atoms with Crippen LogP contribution in [0.3, 0.4) is 0 Å². The molecule has 2 aromatic rings. The van der Waals surface area contributed by atoms with Gasteiger partial charge in [-0.2, -0.15) is 10.2 Å². The topological polar surface area (TPSA) is 50.7 Å². The van der Waals surface area contributed by atoms with Crippen LogP contribution in [0.2, 0.25) is 0 Å². The lowest BCUT2D eigenvalue weighted by Crippen LogP contribution is -1.91. The van der Waals surface area contributed by atoms with E-state index in [0.29, 0.717) is 0 Å². The molecule has 0 bridgehead atoms. The fourth-order valence-electron chi connectivity index (χ4n) is 1.74. The first-order valence-electron chi connectivity index (χ1n) is 5.92. The largest absolute Gasteiger partial charge is 0.399 e. The van der Waals surface area contributed by atoms with Crippen LogP contribution in [0.15, 0.2) is 46.6 Å². The molecule has 0 aliphatic rings. The number of nitrogens with two attached hydrogens (primary N) is 1. The van der Waals surface area contributed by atoms with Crippen molar-refractivity contribution >= 4 is 17.1 Å². The highest BCUT2D eigenvalue weighted by Crippen LogP contribution is 2.27. The highest BCUT2D eigenvalue weighted by atomic mass is 15.1. The van der Waals surface area contributed by atoms with E-state index in [4.69, 9.17) is 5.73 Å². The minimum absolute atomic E-state index is 0.794. The summed E-state index contributed by atoms with van der Waals surface area (Å²) in [5.41, 5.74) is 11.7. The minimum atomic E-state index is 0.794. The molecule has 0 atom stereocenters. The van der Waals surface area contributed by atoms with Crippen molar-refractivity contribution in [2.75, 3.05) is 5.73 Å². The van der Waals surface area contributed by atoms with Gasteiger partial charge in [0.05, 0.1) is 11.4 Å². The zero-order valence-electron chi connectivity index (χ0n) is 10.9. The molecule has 2 aromatic carbocycles. The average molecular weight is 239 g/mol. The number of anilines is 1. The first-order valence-corrected chi connectivity index (χ1v) is 5.92. The van der Waals surface area contributed by atoms with Gasteiger partial charge in [0.1, 0.15) is 0 Å². The van der Waals surface area contributed by atoms with Crippen LogP contribution in [0.4, 0.5) is 17.1 Å². The molecule has 18 heavy (non-hydrogen) atoms. The van der Waals surface area contributed by atoms with Crippen LogP contribution in [-0.4, -0.2) is 0 Å². The van der Waals surface area contributed by atoms with Crippen molar-refractivity contribution in [1.29, 1.82) is 0 Å². The molecule has 2 rings (SSSR count). The average Bonchev–Trinajstić information content (AvgIpc) is 2.35. The number of hydrogen-bond donors (Lipinski definition) is 1. The van der Waals surface area contributed by atoms with E-state index in [-0.39, 0.29) is 0 Å². The van der Waals surface area contributed by atoms with Crippen LogP contribution < -0.4 is 5.73 Å². The first-order chi connectivity index (χ1) is 8.58. The third-order valence-electron chi connectivity index (χ3n) is 3.08. The van der Waals surface area contributed by atoms with Crippen molar-refractivity contribution < 1.29 is 0 Å². The van der Waals surface area contributed by atoms with Crippen LogP contribution >= 0.6 is 0 Å². The number of benzene rings is 2. The monoisotopic (exact) mass is 239 g/mol. The molecule has 0 amide bonds. The number of azo groups is 1. The summed E-state index contributed by atoms with van der Waals surface area (Å²) in [7, 11) is 0. The molecule has 3 nitrogen and oxygen atoms in total. The van der Waals surface area contributed by atoms with Crippen molar-refractivity contribution in [3.8, 4) is 0 Å². The summed E-state index contributed by atoms with van der Waals surface area (Å²) < 4.78 is 0. The van der Waals surface area contributed by atoms with E-state index in [0.717, 1.165) is 28.2 Å². The Labute approximate surface area is 107 Å². The van der Waals surface area contributed by atoms with Crippen LogP contribution in [0.25, 0.3) is 0 Å². The van der Waals surface area contributed by atoms with Crippen LogP contribution in [0, 0.1) is 20.8 Å². The Balaban J connectivity index is 2.32. The Kier molecular flexibility index (Phi) is 3.42. The number of nitrogen functional groups attached to an aromatic ring is 1. The zero-order chi connectivity index (χ0) is 13.1. The second-order valence-electron chi connectivity index (χ2n) is 4.46. The smallest absolute Gasteiger partial charge is 0.0890 e. The van der Waals surface area contributed by atoms with Gasteiger partial charge in [0.25, 0.3) is 0 Å². The van der Waals surface area contributed by atoms with E-state index in [2.05, 4.69) is 10.2 Å². The molecule has 0 radical (unpaired) electrons. The van der Waals surface area contributed by atoms with E-state index in [9.17, 15) is 0 Å². The lowest BCUT2D eigenvalue weighted by atomic mass is 10.1. The summed E-state index contributed by atoms with van der Waals surface area (Å²) in [6.07, 6.45) is 0. The molecule has 0 spiro atoms. The van der Waals surface area contributed by atoms with Gasteiger partial charge < -0.3 is 5.73 Å². The quantitative estimate of drug-likeness (QED) is 0.603. The molecule has 3 heteroatoms.